The molecule has 0 aliphatic rings. The molecule has 0 heterocycles. The average molecular weight is 285 g/mol. The van der Waals surface area contributed by atoms with Crippen LogP contribution in [0.1, 0.15) is 30.1 Å². The number of hydrogen-bond donors (Lipinski definition) is 2. The van der Waals surface area contributed by atoms with Gasteiger partial charge in [-0.1, -0.05) is 0 Å². The fraction of sp³-hybridized carbons (Fsp3) is 0.308. The smallest absolute Gasteiger partial charge is 0.325 e. The number of ketones is 1. The summed E-state index contributed by atoms with van der Waals surface area (Å²) < 4.78 is 26.0. The van der Waals surface area contributed by atoms with Crippen molar-refractivity contribution in [2.45, 2.75) is 25.8 Å². The molecule has 0 aromatic heterocycles. The van der Waals surface area contributed by atoms with E-state index in [1.54, 1.807) is 0 Å². The van der Waals surface area contributed by atoms with Crippen LogP contribution in [0.15, 0.2) is 18.2 Å². The van der Waals surface area contributed by atoms with Crippen molar-refractivity contribution in [3.05, 3.63) is 35.4 Å². The fourth-order valence-corrected chi connectivity index (χ4v) is 1.45. The van der Waals surface area contributed by atoms with E-state index in [0.29, 0.717) is 6.07 Å². The third-order valence-corrected chi connectivity index (χ3v) is 2.56. The van der Waals surface area contributed by atoms with Gasteiger partial charge >= 0.3 is 5.97 Å². The molecule has 1 aromatic rings. The molecule has 0 fully saturated rings. The quantitative estimate of drug-likeness (QED) is 0.776. The van der Waals surface area contributed by atoms with E-state index in [-0.39, 0.29) is 18.4 Å². The lowest BCUT2D eigenvalue weighted by atomic mass is 10.1. The Balaban J connectivity index is 2.55. The molecule has 0 aliphatic carbocycles. The summed E-state index contributed by atoms with van der Waals surface area (Å²) in [6, 6.07) is 1.47. The maximum absolute atomic E-state index is 13.3. The first-order valence-corrected chi connectivity index (χ1v) is 5.81. The van der Waals surface area contributed by atoms with Gasteiger partial charge in [0.15, 0.2) is 5.78 Å². The Morgan fingerprint density at radius 3 is 2.45 bits per heavy atom. The van der Waals surface area contributed by atoms with Gasteiger partial charge in [0.1, 0.15) is 17.7 Å². The Hall–Kier alpha value is -2.31. The predicted molar refractivity (Wildman–Crippen MR) is 65.2 cm³/mol. The molecule has 1 aromatic carbocycles. The summed E-state index contributed by atoms with van der Waals surface area (Å²) in [4.78, 5) is 33.5. The lowest BCUT2D eigenvalue weighted by molar-refractivity contribution is -0.141. The first kappa shape index (κ1) is 15.7. The van der Waals surface area contributed by atoms with E-state index in [2.05, 4.69) is 5.32 Å². The van der Waals surface area contributed by atoms with E-state index >= 15 is 0 Å². The summed E-state index contributed by atoms with van der Waals surface area (Å²) in [7, 11) is 0. The van der Waals surface area contributed by atoms with E-state index in [1.807, 2.05) is 0 Å². The molecule has 5 nitrogen and oxygen atoms in total. The molecule has 0 aliphatic heterocycles. The first-order chi connectivity index (χ1) is 9.31. The van der Waals surface area contributed by atoms with Crippen molar-refractivity contribution in [1.29, 1.82) is 0 Å². The summed E-state index contributed by atoms with van der Waals surface area (Å²) in [6.45, 7) is 1.28. The van der Waals surface area contributed by atoms with Crippen molar-refractivity contribution in [2.24, 2.45) is 0 Å². The number of Topliss-reactive ketones (excluding diaryl/α,β-unsaturated/α-hetero) is 1. The molecule has 2 N–H and O–H groups in total. The number of carbonyl (C=O) groups is 3. The summed E-state index contributed by atoms with van der Waals surface area (Å²) in [5.41, 5.74) is -0.300. The highest BCUT2D eigenvalue weighted by molar-refractivity contribution is 5.98. The minimum atomic E-state index is -1.20. The topological polar surface area (TPSA) is 83.5 Å². The van der Waals surface area contributed by atoms with Gasteiger partial charge in [0, 0.05) is 18.9 Å². The number of carboxylic acid groups (broad SMARTS) is 1. The molecular formula is C13H13F2NO4. The van der Waals surface area contributed by atoms with Crippen LogP contribution in [0.5, 0.6) is 0 Å². The van der Waals surface area contributed by atoms with Crippen LogP contribution in [0.2, 0.25) is 0 Å². The second-order valence-corrected chi connectivity index (χ2v) is 4.17. The second-order valence-electron chi connectivity index (χ2n) is 4.17. The van der Waals surface area contributed by atoms with Crippen molar-refractivity contribution < 1.29 is 28.3 Å². The fourth-order valence-electron chi connectivity index (χ4n) is 1.45. The van der Waals surface area contributed by atoms with E-state index in [9.17, 15) is 23.2 Å². The zero-order chi connectivity index (χ0) is 15.3. The highest BCUT2D eigenvalue weighted by Crippen LogP contribution is 2.12. The Morgan fingerprint density at radius 1 is 1.25 bits per heavy atom. The maximum atomic E-state index is 13.3. The van der Waals surface area contributed by atoms with Crippen molar-refractivity contribution in [3.63, 3.8) is 0 Å². The summed E-state index contributed by atoms with van der Waals surface area (Å²) >= 11 is 0. The molecule has 0 spiro atoms. The van der Waals surface area contributed by atoms with E-state index < -0.39 is 35.3 Å². The van der Waals surface area contributed by atoms with Crippen molar-refractivity contribution in [3.8, 4) is 0 Å². The highest BCUT2D eigenvalue weighted by atomic mass is 19.1. The van der Waals surface area contributed by atoms with Crippen LogP contribution < -0.4 is 5.32 Å². The number of nitrogens with one attached hydrogen (secondary N) is 1. The lowest BCUT2D eigenvalue weighted by Crippen LogP contribution is -2.38. The van der Waals surface area contributed by atoms with E-state index in [0.717, 1.165) is 12.1 Å². The molecule has 1 amide bonds. The van der Waals surface area contributed by atoms with Crippen molar-refractivity contribution in [1.82, 2.24) is 5.32 Å². The van der Waals surface area contributed by atoms with Gasteiger partial charge in [-0.25, -0.2) is 8.78 Å². The Kier molecular flexibility index (Phi) is 5.31. The Bertz CT molecular complexity index is 545. The van der Waals surface area contributed by atoms with Crippen LogP contribution in [0.25, 0.3) is 0 Å². The molecule has 1 atom stereocenters. The number of rotatable bonds is 6. The number of amides is 1. The molecule has 20 heavy (non-hydrogen) atoms. The number of hydrogen-bond acceptors (Lipinski definition) is 3. The monoisotopic (exact) mass is 285 g/mol. The Morgan fingerprint density at radius 2 is 1.90 bits per heavy atom. The molecule has 0 saturated carbocycles. The molecule has 0 unspecified atom stereocenters. The molecule has 7 heteroatoms. The van der Waals surface area contributed by atoms with E-state index in [4.69, 9.17) is 5.11 Å². The molecule has 0 saturated heterocycles. The van der Waals surface area contributed by atoms with E-state index in [1.165, 1.54) is 6.92 Å². The van der Waals surface area contributed by atoms with Gasteiger partial charge in [0.2, 0.25) is 5.91 Å². The van der Waals surface area contributed by atoms with Crippen LogP contribution in [0.4, 0.5) is 8.78 Å². The van der Waals surface area contributed by atoms with Crippen molar-refractivity contribution in [2.75, 3.05) is 0 Å². The second kappa shape index (κ2) is 6.74. The minimum absolute atomic E-state index is 0.271. The predicted octanol–water partition coefficient (Wildman–Crippen LogP) is 1.52. The lowest BCUT2D eigenvalue weighted by Gasteiger charge is -2.08. The van der Waals surface area contributed by atoms with Crippen LogP contribution in [-0.2, 0) is 9.59 Å². The van der Waals surface area contributed by atoms with Crippen molar-refractivity contribution >= 4 is 17.7 Å². The largest absolute Gasteiger partial charge is 0.480 e. The van der Waals surface area contributed by atoms with Gasteiger partial charge in [-0.05, 0) is 19.1 Å². The standard InChI is InChI=1S/C13H13F2NO4/c1-7(13(19)20)16-12(18)5-4-11(17)9-3-2-8(14)6-10(9)15/h2-3,6-7H,4-5H2,1H3,(H,16,18)(H,19,20)/t7-/m0/s1. The minimum Gasteiger partial charge on any atom is -0.480 e. The molecular weight excluding hydrogens is 272 g/mol. The van der Waals surface area contributed by atoms with Crippen LogP contribution in [0.3, 0.4) is 0 Å². The summed E-state index contributed by atoms with van der Waals surface area (Å²) in [6.07, 6.45) is -0.562. The number of halogens is 2. The third kappa shape index (κ3) is 4.42. The molecule has 1 rings (SSSR count). The number of carboxylic acids is 1. The normalized spacial score (nSPS) is 11.8. The van der Waals surface area contributed by atoms with Gasteiger partial charge in [-0.3, -0.25) is 14.4 Å². The zero-order valence-corrected chi connectivity index (χ0v) is 10.7. The van der Waals surface area contributed by atoms with Gasteiger partial charge in [-0.2, -0.15) is 0 Å². The third-order valence-electron chi connectivity index (χ3n) is 2.56. The number of benzene rings is 1. The van der Waals surface area contributed by atoms with Crippen LogP contribution in [-0.4, -0.2) is 28.8 Å². The first-order valence-electron chi connectivity index (χ1n) is 5.81. The summed E-state index contributed by atoms with van der Waals surface area (Å²) in [5, 5.41) is 10.7. The highest BCUT2D eigenvalue weighted by Gasteiger charge is 2.17. The van der Waals surface area contributed by atoms with Crippen LogP contribution in [0, 0.1) is 11.6 Å². The van der Waals surface area contributed by atoms with Gasteiger partial charge in [-0.15, -0.1) is 0 Å². The average Bonchev–Trinajstić information content (AvgIpc) is 2.35. The zero-order valence-electron chi connectivity index (χ0n) is 10.7. The maximum Gasteiger partial charge on any atom is 0.325 e. The van der Waals surface area contributed by atoms with Crippen LogP contribution >= 0.6 is 0 Å². The Labute approximate surface area is 113 Å². The molecule has 108 valence electrons. The van der Waals surface area contributed by atoms with Gasteiger partial charge in [0.25, 0.3) is 0 Å². The number of aliphatic carboxylic acids is 1. The summed E-state index contributed by atoms with van der Waals surface area (Å²) in [5.74, 6) is -4.27. The van der Waals surface area contributed by atoms with Gasteiger partial charge in [0.05, 0.1) is 5.56 Å². The molecule has 0 bridgehead atoms. The SMILES string of the molecule is C[C@H](NC(=O)CCC(=O)c1ccc(F)cc1F)C(=O)O. The van der Waals surface area contributed by atoms with Gasteiger partial charge < -0.3 is 10.4 Å². The molecule has 0 radical (unpaired) electrons. The number of carbonyl (C=O) groups excluding carboxylic acids is 2.